The Morgan fingerprint density at radius 2 is 1.52 bits per heavy atom. The zero-order valence-electron chi connectivity index (χ0n) is 13.4. The van der Waals surface area contributed by atoms with E-state index in [2.05, 4.69) is 48.6 Å². The first-order valence-corrected chi connectivity index (χ1v) is 8.75. The van der Waals surface area contributed by atoms with E-state index in [1.807, 2.05) is 48.5 Å². The zero-order valence-corrected chi connectivity index (χ0v) is 14.9. The molecule has 0 aliphatic heterocycles. The molecule has 1 N–H and O–H groups in total. The quantitative estimate of drug-likeness (QED) is 0.525. The molecule has 0 unspecified atom stereocenters. The van der Waals surface area contributed by atoms with E-state index in [1.165, 1.54) is 5.56 Å². The highest BCUT2D eigenvalue weighted by molar-refractivity contribution is 9.10. The fraction of sp³-hybridized carbons (Fsp3) is 0.0500. The van der Waals surface area contributed by atoms with E-state index in [-0.39, 0.29) is 0 Å². The molecule has 0 amide bonds. The Hall–Kier alpha value is -2.79. The molecule has 2 aromatic heterocycles. The second kappa shape index (κ2) is 6.99. The van der Waals surface area contributed by atoms with Crippen LogP contribution in [0.15, 0.2) is 77.5 Å². The van der Waals surface area contributed by atoms with E-state index in [9.17, 15) is 0 Å². The van der Waals surface area contributed by atoms with E-state index in [0.29, 0.717) is 0 Å². The Bertz CT molecular complexity index is 1000. The first kappa shape index (κ1) is 15.7. The SMILES string of the molecule is Brc1ccc(Nc2nnc(Cc3ccncc3)c3ccccc23)cc1. The molecule has 5 heteroatoms. The van der Waals surface area contributed by atoms with Gasteiger partial charge in [0.15, 0.2) is 5.82 Å². The molecule has 2 heterocycles. The highest BCUT2D eigenvalue weighted by atomic mass is 79.9. The van der Waals surface area contributed by atoms with Crippen molar-refractivity contribution in [2.24, 2.45) is 0 Å². The summed E-state index contributed by atoms with van der Waals surface area (Å²) in [6.07, 6.45) is 4.33. The van der Waals surface area contributed by atoms with Crippen molar-refractivity contribution in [2.45, 2.75) is 6.42 Å². The van der Waals surface area contributed by atoms with Crippen LogP contribution in [0.5, 0.6) is 0 Å². The van der Waals surface area contributed by atoms with Crippen LogP contribution in [-0.4, -0.2) is 15.2 Å². The summed E-state index contributed by atoms with van der Waals surface area (Å²) >= 11 is 3.45. The number of hydrogen-bond acceptors (Lipinski definition) is 4. The van der Waals surface area contributed by atoms with Crippen molar-refractivity contribution >= 4 is 38.2 Å². The van der Waals surface area contributed by atoms with Crippen LogP contribution >= 0.6 is 15.9 Å². The number of pyridine rings is 1. The highest BCUT2D eigenvalue weighted by Crippen LogP contribution is 2.27. The smallest absolute Gasteiger partial charge is 0.160 e. The van der Waals surface area contributed by atoms with Crippen molar-refractivity contribution in [2.75, 3.05) is 5.32 Å². The fourth-order valence-corrected chi connectivity index (χ4v) is 3.01. The zero-order chi connectivity index (χ0) is 17.1. The summed E-state index contributed by atoms with van der Waals surface area (Å²) in [4.78, 5) is 4.07. The van der Waals surface area contributed by atoms with Gasteiger partial charge in [-0.15, -0.1) is 5.10 Å². The summed E-state index contributed by atoms with van der Waals surface area (Å²) < 4.78 is 1.04. The summed E-state index contributed by atoms with van der Waals surface area (Å²) in [5.74, 6) is 0.761. The Labute approximate surface area is 154 Å². The van der Waals surface area contributed by atoms with Gasteiger partial charge in [0.2, 0.25) is 0 Å². The lowest BCUT2D eigenvalue weighted by Gasteiger charge is -2.11. The van der Waals surface area contributed by atoms with Crippen molar-refractivity contribution in [1.29, 1.82) is 0 Å². The van der Waals surface area contributed by atoms with Gasteiger partial charge in [0, 0.05) is 39.7 Å². The van der Waals surface area contributed by atoms with E-state index in [0.717, 1.165) is 38.9 Å². The first-order valence-electron chi connectivity index (χ1n) is 7.95. The predicted molar refractivity (Wildman–Crippen MR) is 104 cm³/mol. The summed E-state index contributed by atoms with van der Waals surface area (Å²) in [5.41, 5.74) is 3.11. The van der Waals surface area contributed by atoms with Crippen LogP contribution in [0.1, 0.15) is 11.3 Å². The Balaban J connectivity index is 1.72. The Morgan fingerprint density at radius 3 is 2.28 bits per heavy atom. The summed E-state index contributed by atoms with van der Waals surface area (Å²) in [6.45, 7) is 0. The molecule has 0 saturated heterocycles. The van der Waals surface area contributed by atoms with Crippen LogP contribution in [-0.2, 0) is 6.42 Å². The van der Waals surface area contributed by atoms with Gasteiger partial charge in [-0.25, -0.2) is 0 Å². The third kappa shape index (κ3) is 3.51. The van der Waals surface area contributed by atoms with Gasteiger partial charge in [-0.1, -0.05) is 40.2 Å². The molecule has 0 radical (unpaired) electrons. The molecule has 4 rings (SSSR count). The fourth-order valence-electron chi connectivity index (χ4n) is 2.75. The van der Waals surface area contributed by atoms with Gasteiger partial charge < -0.3 is 5.32 Å². The largest absolute Gasteiger partial charge is 0.338 e. The number of anilines is 2. The highest BCUT2D eigenvalue weighted by Gasteiger charge is 2.10. The molecular formula is C20H15BrN4. The maximum absolute atomic E-state index is 4.47. The van der Waals surface area contributed by atoms with Crippen molar-refractivity contribution < 1.29 is 0 Å². The minimum absolute atomic E-state index is 0.731. The van der Waals surface area contributed by atoms with Gasteiger partial charge in [-0.3, -0.25) is 4.98 Å². The average molecular weight is 391 g/mol. The van der Waals surface area contributed by atoms with Crippen LogP contribution in [0.4, 0.5) is 11.5 Å². The van der Waals surface area contributed by atoms with Crippen LogP contribution in [0.3, 0.4) is 0 Å². The van der Waals surface area contributed by atoms with Gasteiger partial charge in [-0.05, 0) is 42.0 Å². The topological polar surface area (TPSA) is 50.7 Å². The van der Waals surface area contributed by atoms with Crippen LogP contribution < -0.4 is 5.32 Å². The monoisotopic (exact) mass is 390 g/mol. The summed E-state index contributed by atoms with van der Waals surface area (Å²) in [6, 6.07) is 20.2. The molecule has 0 saturated carbocycles. The van der Waals surface area contributed by atoms with E-state index >= 15 is 0 Å². The van der Waals surface area contributed by atoms with Crippen molar-refractivity contribution in [3.63, 3.8) is 0 Å². The molecular weight excluding hydrogens is 376 g/mol. The standard InChI is InChI=1S/C20H15BrN4/c21-15-5-7-16(8-6-15)23-20-18-4-2-1-3-17(18)19(24-25-20)13-14-9-11-22-12-10-14/h1-12H,13H2,(H,23,25). The maximum atomic E-state index is 4.47. The molecule has 2 aromatic carbocycles. The number of fused-ring (bicyclic) bond motifs is 1. The molecule has 122 valence electrons. The lowest BCUT2D eigenvalue weighted by atomic mass is 10.0. The van der Waals surface area contributed by atoms with Gasteiger partial charge in [-0.2, -0.15) is 5.10 Å². The van der Waals surface area contributed by atoms with Crippen molar-refractivity contribution in [1.82, 2.24) is 15.2 Å². The second-order valence-electron chi connectivity index (χ2n) is 5.71. The number of nitrogens with one attached hydrogen (secondary N) is 1. The molecule has 0 spiro atoms. The molecule has 0 aliphatic rings. The third-order valence-corrected chi connectivity index (χ3v) is 4.52. The van der Waals surface area contributed by atoms with Crippen molar-refractivity contribution in [3.8, 4) is 0 Å². The van der Waals surface area contributed by atoms with Gasteiger partial charge in [0.25, 0.3) is 0 Å². The maximum Gasteiger partial charge on any atom is 0.160 e. The van der Waals surface area contributed by atoms with E-state index in [4.69, 9.17) is 0 Å². The van der Waals surface area contributed by atoms with Crippen LogP contribution in [0.25, 0.3) is 10.8 Å². The van der Waals surface area contributed by atoms with Gasteiger partial charge in [0.05, 0.1) is 5.69 Å². The normalized spacial score (nSPS) is 10.8. The number of rotatable bonds is 4. The van der Waals surface area contributed by atoms with Gasteiger partial charge in [0.1, 0.15) is 0 Å². The molecule has 0 fully saturated rings. The van der Waals surface area contributed by atoms with Crippen molar-refractivity contribution in [3.05, 3.63) is 88.8 Å². The molecule has 25 heavy (non-hydrogen) atoms. The number of aromatic nitrogens is 3. The molecule has 4 nitrogen and oxygen atoms in total. The molecule has 0 atom stereocenters. The number of benzene rings is 2. The van der Waals surface area contributed by atoms with E-state index in [1.54, 1.807) is 12.4 Å². The lowest BCUT2D eigenvalue weighted by molar-refractivity contribution is 0.960. The molecule has 4 aromatic rings. The van der Waals surface area contributed by atoms with Gasteiger partial charge >= 0.3 is 0 Å². The van der Waals surface area contributed by atoms with Crippen LogP contribution in [0.2, 0.25) is 0 Å². The first-order chi connectivity index (χ1) is 12.3. The minimum atomic E-state index is 0.731. The summed E-state index contributed by atoms with van der Waals surface area (Å²) in [7, 11) is 0. The predicted octanol–water partition coefficient (Wildman–Crippen LogP) is 5.12. The number of nitrogens with zero attached hydrogens (tertiary/aromatic N) is 3. The van der Waals surface area contributed by atoms with Crippen LogP contribution in [0, 0.1) is 0 Å². The number of hydrogen-bond donors (Lipinski definition) is 1. The molecule has 0 bridgehead atoms. The second-order valence-corrected chi connectivity index (χ2v) is 6.62. The Morgan fingerprint density at radius 1 is 0.800 bits per heavy atom. The molecule has 0 aliphatic carbocycles. The summed E-state index contributed by atoms with van der Waals surface area (Å²) in [5, 5.41) is 14.4. The lowest BCUT2D eigenvalue weighted by Crippen LogP contribution is -2.02. The average Bonchev–Trinajstić information content (AvgIpc) is 2.66. The third-order valence-electron chi connectivity index (χ3n) is 3.99. The minimum Gasteiger partial charge on any atom is -0.338 e. The van der Waals surface area contributed by atoms with E-state index < -0.39 is 0 Å². The number of halogens is 1. The Kier molecular flexibility index (Phi) is 4.39.